The predicted octanol–water partition coefficient (Wildman–Crippen LogP) is 0.717. The molecule has 0 aliphatic carbocycles. The minimum atomic E-state index is -0.793. The molecule has 0 aliphatic rings. The van der Waals surface area contributed by atoms with Crippen LogP contribution in [0, 0.1) is 10.1 Å². The van der Waals surface area contributed by atoms with Gasteiger partial charge in [0.15, 0.2) is 0 Å². The molecule has 16 heavy (non-hydrogen) atoms. The fourth-order valence-electron chi connectivity index (χ4n) is 1.07. The van der Waals surface area contributed by atoms with E-state index in [2.05, 4.69) is 0 Å². The van der Waals surface area contributed by atoms with Crippen LogP contribution >= 0.6 is 0 Å². The van der Waals surface area contributed by atoms with E-state index in [4.69, 9.17) is 14.9 Å². The Hall–Kier alpha value is -1.66. The Kier molecular flexibility index (Phi) is 4.68. The number of nitro groups is 1. The highest BCUT2D eigenvalue weighted by Crippen LogP contribution is 2.17. The molecule has 0 radical (unpaired) electrons. The molecule has 1 aromatic rings. The fraction of sp³-hybridized carbons (Fsp3) is 0.400. The molecule has 0 amide bonds. The Bertz CT molecular complexity index is 338. The fourth-order valence-corrected chi connectivity index (χ4v) is 1.07. The van der Waals surface area contributed by atoms with Gasteiger partial charge in [-0.25, -0.2) is 0 Å². The molecule has 0 bridgehead atoms. The first-order chi connectivity index (χ1) is 7.63. The molecule has 0 aromatic heterocycles. The van der Waals surface area contributed by atoms with Gasteiger partial charge < -0.3 is 14.9 Å². The summed E-state index contributed by atoms with van der Waals surface area (Å²) in [5, 5.41) is 27.9. The van der Waals surface area contributed by atoms with E-state index in [0.29, 0.717) is 12.2 Å². The maximum Gasteiger partial charge on any atom is 0.269 e. The summed E-state index contributed by atoms with van der Waals surface area (Å²) in [5.74, 6) is 0.496. The summed E-state index contributed by atoms with van der Waals surface area (Å²) in [7, 11) is 0. The van der Waals surface area contributed by atoms with Gasteiger partial charge in [-0.1, -0.05) is 0 Å². The van der Waals surface area contributed by atoms with Gasteiger partial charge in [-0.2, -0.15) is 0 Å². The zero-order chi connectivity index (χ0) is 12.0. The summed E-state index contributed by atoms with van der Waals surface area (Å²) in [6, 6.07) is 5.67. The number of rotatable bonds is 6. The number of ether oxygens (including phenoxy) is 1. The molecule has 6 heteroatoms. The lowest BCUT2D eigenvalue weighted by Gasteiger charge is -2.08. The van der Waals surface area contributed by atoms with Gasteiger partial charge in [-0.15, -0.1) is 0 Å². The molecule has 1 rings (SSSR count). The van der Waals surface area contributed by atoms with E-state index in [1.165, 1.54) is 24.3 Å². The van der Waals surface area contributed by atoms with Crippen molar-refractivity contribution in [3.05, 3.63) is 34.4 Å². The predicted molar refractivity (Wildman–Crippen MR) is 56.3 cm³/mol. The molecule has 1 atom stereocenters. The lowest BCUT2D eigenvalue weighted by Crippen LogP contribution is -2.15. The van der Waals surface area contributed by atoms with Crippen molar-refractivity contribution in [2.75, 3.05) is 13.2 Å². The third-order valence-corrected chi connectivity index (χ3v) is 1.98. The average molecular weight is 227 g/mol. The number of non-ortho nitro benzene ring substituents is 1. The summed E-state index contributed by atoms with van der Waals surface area (Å²) >= 11 is 0. The largest absolute Gasteiger partial charge is 0.493 e. The van der Waals surface area contributed by atoms with Crippen LogP contribution in [-0.2, 0) is 0 Å². The van der Waals surface area contributed by atoms with Crippen LogP contribution < -0.4 is 4.74 Å². The highest BCUT2D eigenvalue weighted by atomic mass is 16.6. The number of aliphatic hydroxyl groups is 2. The van der Waals surface area contributed by atoms with E-state index in [-0.39, 0.29) is 18.9 Å². The maximum absolute atomic E-state index is 10.4. The second-order valence-electron chi connectivity index (χ2n) is 3.22. The van der Waals surface area contributed by atoms with Gasteiger partial charge in [0.2, 0.25) is 0 Å². The van der Waals surface area contributed by atoms with E-state index in [0.717, 1.165) is 0 Å². The van der Waals surface area contributed by atoms with E-state index in [9.17, 15) is 10.1 Å². The first-order valence-electron chi connectivity index (χ1n) is 4.79. The standard InChI is InChI=1S/C10H13NO5/c12-7-9(13)5-6-16-10-3-1-8(2-4-10)11(14)15/h1-4,9,12-13H,5-7H2/t9-/m1/s1. The van der Waals surface area contributed by atoms with Gasteiger partial charge >= 0.3 is 0 Å². The number of aliphatic hydroxyl groups excluding tert-OH is 2. The first kappa shape index (κ1) is 12.4. The summed E-state index contributed by atoms with van der Waals surface area (Å²) < 4.78 is 5.22. The Morgan fingerprint density at radius 1 is 1.38 bits per heavy atom. The van der Waals surface area contributed by atoms with Gasteiger partial charge in [0, 0.05) is 18.6 Å². The highest BCUT2D eigenvalue weighted by molar-refractivity contribution is 5.35. The third kappa shape index (κ3) is 3.84. The molecular weight excluding hydrogens is 214 g/mol. The van der Waals surface area contributed by atoms with Crippen molar-refractivity contribution in [3.8, 4) is 5.75 Å². The number of nitrogens with zero attached hydrogens (tertiary/aromatic N) is 1. The van der Waals surface area contributed by atoms with Gasteiger partial charge in [0.05, 0.1) is 24.2 Å². The summed E-state index contributed by atoms with van der Waals surface area (Å²) in [4.78, 5) is 9.87. The molecule has 6 nitrogen and oxygen atoms in total. The summed E-state index contributed by atoms with van der Waals surface area (Å²) in [5.41, 5.74) is 0.00254. The Balaban J connectivity index is 2.40. The quantitative estimate of drug-likeness (QED) is 0.551. The molecule has 88 valence electrons. The van der Waals surface area contributed by atoms with Crippen LogP contribution in [0.1, 0.15) is 6.42 Å². The van der Waals surface area contributed by atoms with Crippen molar-refractivity contribution < 1.29 is 19.9 Å². The summed E-state index contributed by atoms with van der Waals surface area (Å²) in [6.45, 7) is -0.0524. The van der Waals surface area contributed by atoms with Crippen molar-refractivity contribution >= 4 is 5.69 Å². The molecule has 0 saturated heterocycles. The van der Waals surface area contributed by atoms with Gasteiger partial charge in [0.1, 0.15) is 5.75 Å². The summed E-state index contributed by atoms with van der Waals surface area (Å²) in [6.07, 6.45) is -0.480. The maximum atomic E-state index is 10.4. The van der Waals surface area contributed by atoms with Gasteiger partial charge in [-0.3, -0.25) is 10.1 Å². The van der Waals surface area contributed by atoms with E-state index in [1.807, 2.05) is 0 Å². The third-order valence-electron chi connectivity index (χ3n) is 1.98. The molecule has 0 fully saturated rings. The van der Waals surface area contributed by atoms with Gasteiger partial charge in [0.25, 0.3) is 5.69 Å². The average Bonchev–Trinajstić information content (AvgIpc) is 2.29. The highest BCUT2D eigenvalue weighted by Gasteiger charge is 2.05. The van der Waals surface area contributed by atoms with Crippen LogP contribution in [0.3, 0.4) is 0 Å². The second kappa shape index (κ2) is 6.04. The van der Waals surface area contributed by atoms with E-state index in [1.54, 1.807) is 0 Å². The van der Waals surface area contributed by atoms with Crippen LogP contribution in [0.5, 0.6) is 5.75 Å². The molecule has 0 heterocycles. The lowest BCUT2D eigenvalue weighted by atomic mass is 10.3. The number of nitro benzene ring substituents is 1. The van der Waals surface area contributed by atoms with Crippen LogP contribution in [0.4, 0.5) is 5.69 Å². The van der Waals surface area contributed by atoms with Crippen molar-refractivity contribution in [1.82, 2.24) is 0 Å². The number of hydrogen-bond donors (Lipinski definition) is 2. The van der Waals surface area contributed by atoms with Crippen LogP contribution in [0.2, 0.25) is 0 Å². The van der Waals surface area contributed by atoms with E-state index < -0.39 is 11.0 Å². The second-order valence-corrected chi connectivity index (χ2v) is 3.22. The van der Waals surface area contributed by atoms with Crippen LogP contribution in [0.25, 0.3) is 0 Å². The molecule has 1 aromatic carbocycles. The molecule has 0 saturated carbocycles. The molecule has 0 unspecified atom stereocenters. The number of benzene rings is 1. The molecule has 2 N–H and O–H groups in total. The first-order valence-corrected chi connectivity index (χ1v) is 4.79. The Morgan fingerprint density at radius 3 is 2.50 bits per heavy atom. The van der Waals surface area contributed by atoms with Crippen molar-refractivity contribution in [2.24, 2.45) is 0 Å². The van der Waals surface area contributed by atoms with Crippen molar-refractivity contribution in [2.45, 2.75) is 12.5 Å². The topological polar surface area (TPSA) is 92.8 Å². The monoisotopic (exact) mass is 227 g/mol. The van der Waals surface area contributed by atoms with E-state index >= 15 is 0 Å². The number of hydrogen-bond acceptors (Lipinski definition) is 5. The van der Waals surface area contributed by atoms with Crippen LogP contribution in [-0.4, -0.2) is 34.5 Å². The van der Waals surface area contributed by atoms with Gasteiger partial charge in [-0.05, 0) is 12.1 Å². The smallest absolute Gasteiger partial charge is 0.269 e. The van der Waals surface area contributed by atoms with Crippen molar-refractivity contribution in [3.63, 3.8) is 0 Å². The Morgan fingerprint density at radius 2 is 2.00 bits per heavy atom. The minimum Gasteiger partial charge on any atom is -0.493 e. The normalized spacial score (nSPS) is 12.1. The zero-order valence-electron chi connectivity index (χ0n) is 8.57. The lowest BCUT2D eigenvalue weighted by molar-refractivity contribution is -0.384. The minimum absolute atomic E-state index is 0.00254. The Labute approximate surface area is 92.2 Å². The van der Waals surface area contributed by atoms with Crippen molar-refractivity contribution in [1.29, 1.82) is 0 Å². The SMILES string of the molecule is O=[N+]([O-])c1ccc(OCC[C@@H](O)CO)cc1. The van der Waals surface area contributed by atoms with Crippen LogP contribution in [0.15, 0.2) is 24.3 Å². The molecule has 0 aliphatic heterocycles. The molecular formula is C10H13NO5. The zero-order valence-corrected chi connectivity index (χ0v) is 8.57. The molecule has 0 spiro atoms.